The van der Waals surface area contributed by atoms with Crippen LogP contribution in [-0.4, -0.2) is 53.2 Å². The number of nitrogens with one attached hydrogen (secondary N) is 3. The third-order valence-electron chi connectivity index (χ3n) is 5.08. The Kier molecular flexibility index (Phi) is 4.51. The van der Waals surface area contributed by atoms with Crippen molar-refractivity contribution in [2.24, 2.45) is 0 Å². The molecule has 0 aliphatic heterocycles. The van der Waals surface area contributed by atoms with Crippen molar-refractivity contribution >= 4 is 16.8 Å². The highest BCUT2D eigenvalue weighted by molar-refractivity contribution is 6.00. The summed E-state index contributed by atoms with van der Waals surface area (Å²) in [5.41, 5.74) is 6.54. The van der Waals surface area contributed by atoms with Gasteiger partial charge in [-0.05, 0) is 75.6 Å². The van der Waals surface area contributed by atoms with Gasteiger partial charge in [-0.3, -0.25) is 9.89 Å². The molecule has 0 saturated heterocycles. The first-order valence-corrected chi connectivity index (χ1v) is 9.23. The summed E-state index contributed by atoms with van der Waals surface area (Å²) in [7, 11) is 4.08. The normalized spacial score (nSPS) is 13.5. The highest BCUT2D eigenvalue weighted by Crippen LogP contribution is 2.35. The van der Waals surface area contributed by atoms with Crippen LogP contribution in [0, 0.1) is 0 Å². The number of amides is 1. The van der Waals surface area contributed by atoms with Gasteiger partial charge in [0.1, 0.15) is 0 Å². The maximum atomic E-state index is 12.5. The van der Waals surface area contributed by atoms with Gasteiger partial charge in [0.15, 0.2) is 0 Å². The topological polar surface area (TPSA) is 76.8 Å². The van der Waals surface area contributed by atoms with Crippen molar-refractivity contribution in [1.29, 1.82) is 0 Å². The van der Waals surface area contributed by atoms with E-state index in [9.17, 15) is 4.79 Å². The number of rotatable bonds is 5. The highest BCUT2D eigenvalue weighted by Gasteiger charge is 2.21. The molecule has 2 aromatic heterocycles. The molecule has 0 bridgehead atoms. The van der Waals surface area contributed by atoms with Crippen molar-refractivity contribution in [2.45, 2.75) is 25.7 Å². The standard InChI is InChI=1S/C20H25N5O/c1-25(2)10-4-9-21-20(26)13-7-8-17-16(11-13)15-6-3-5-14-12-22-24-18(14)19(15)23-17/h7-8,11-12,23H,3-6,9-10H2,1-2H3,(H,21,26)(H,22,24). The molecule has 0 saturated carbocycles. The molecule has 0 unspecified atom stereocenters. The first-order chi connectivity index (χ1) is 12.6. The van der Waals surface area contributed by atoms with E-state index < -0.39 is 0 Å². The van der Waals surface area contributed by atoms with E-state index in [1.54, 1.807) is 0 Å². The maximum Gasteiger partial charge on any atom is 0.251 e. The van der Waals surface area contributed by atoms with Crippen LogP contribution in [0.3, 0.4) is 0 Å². The quantitative estimate of drug-likeness (QED) is 0.619. The van der Waals surface area contributed by atoms with Crippen LogP contribution in [0.4, 0.5) is 0 Å². The predicted molar refractivity (Wildman–Crippen MR) is 103 cm³/mol. The largest absolute Gasteiger partial charge is 0.353 e. The van der Waals surface area contributed by atoms with E-state index in [0.717, 1.165) is 60.1 Å². The van der Waals surface area contributed by atoms with Crippen LogP contribution in [-0.2, 0) is 12.8 Å². The number of aromatic amines is 2. The summed E-state index contributed by atoms with van der Waals surface area (Å²) in [6, 6.07) is 5.93. The van der Waals surface area contributed by atoms with Crippen LogP contribution >= 0.6 is 0 Å². The number of hydrogen-bond acceptors (Lipinski definition) is 3. The van der Waals surface area contributed by atoms with Crippen molar-refractivity contribution in [2.75, 3.05) is 27.2 Å². The number of aromatic nitrogens is 3. The van der Waals surface area contributed by atoms with Gasteiger partial charge in [-0.25, -0.2) is 0 Å². The van der Waals surface area contributed by atoms with Gasteiger partial charge >= 0.3 is 0 Å². The van der Waals surface area contributed by atoms with Crippen molar-refractivity contribution in [3.63, 3.8) is 0 Å². The van der Waals surface area contributed by atoms with Crippen LogP contribution in [0.2, 0.25) is 0 Å². The average Bonchev–Trinajstić information content (AvgIpc) is 3.19. The number of carbonyl (C=O) groups is 1. The molecule has 3 N–H and O–H groups in total. The summed E-state index contributed by atoms with van der Waals surface area (Å²) >= 11 is 0. The van der Waals surface area contributed by atoms with Crippen molar-refractivity contribution in [1.82, 2.24) is 25.4 Å². The monoisotopic (exact) mass is 351 g/mol. The summed E-state index contributed by atoms with van der Waals surface area (Å²) < 4.78 is 0. The molecule has 4 rings (SSSR count). The molecular formula is C20H25N5O. The van der Waals surface area contributed by atoms with Crippen molar-refractivity contribution < 1.29 is 4.79 Å². The fourth-order valence-corrected chi connectivity index (χ4v) is 3.73. The number of aryl methyl sites for hydroxylation is 2. The van der Waals surface area contributed by atoms with E-state index in [1.165, 1.54) is 11.1 Å². The van der Waals surface area contributed by atoms with E-state index in [2.05, 4.69) is 25.4 Å². The SMILES string of the molecule is CN(C)CCCNC(=O)c1ccc2[nH]c3c(c2c1)CCCc1cn[nH]c1-3. The molecule has 1 amide bonds. The fourth-order valence-electron chi connectivity index (χ4n) is 3.73. The zero-order chi connectivity index (χ0) is 18.1. The molecule has 26 heavy (non-hydrogen) atoms. The lowest BCUT2D eigenvalue weighted by Crippen LogP contribution is -2.27. The molecule has 0 radical (unpaired) electrons. The Labute approximate surface area is 153 Å². The van der Waals surface area contributed by atoms with Gasteiger partial charge in [0.2, 0.25) is 0 Å². The summed E-state index contributed by atoms with van der Waals surface area (Å²) in [4.78, 5) is 18.1. The van der Waals surface area contributed by atoms with Gasteiger partial charge in [-0.1, -0.05) is 0 Å². The second kappa shape index (κ2) is 6.96. The third kappa shape index (κ3) is 3.12. The molecule has 6 heteroatoms. The smallest absolute Gasteiger partial charge is 0.251 e. The number of fused-ring (bicyclic) bond motifs is 5. The molecule has 6 nitrogen and oxygen atoms in total. The Bertz CT molecular complexity index is 937. The number of H-pyrrole nitrogens is 2. The number of carbonyl (C=O) groups excluding carboxylic acids is 1. The van der Waals surface area contributed by atoms with Crippen molar-refractivity contribution in [3.05, 3.63) is 41.1 Å². The summed E-state index contributed by atoms with van der Waals surface area (Å²) in [6.45, 7) is 1.66. The molecule has 0 atom stereocenters. The van der Waals surface area contributed by atoms with Gasteiger partial charge in [-0.15, -0.1) is 0 Å². The Morgan fingerprint density at radius 1 is 1.27 bits per heavy atom. The van der Waals surface area contributed by atoms with Gasteiger partial charge < -0.3 is 15.2 Å². The van der Waals surface area contributed by atoms with Crippen LogP contribution in [0.15, 0.2) is 24.4 Å². The second-order valence-corrected chi connectivity index (χ2v) is 7.28. The fraction of sp³-hybridized carbons (Fsp3) is 0.400. The highest BCUT2D eigenvalue weighted by atomic mass is 16.1. The summed E-state index contributed by atoms with van der Waals surface area (Å²) in [5, 5.41) is 11.5. The molecule has 1 aliphatic rings. The van der Waals surface area contributed by atoms with Gasteiger partial charge in [0, 0.05) is 23.0 Å². The lowest BCUT2D eigenvalue weighted by molar-refractivity contribution is 0.0952. The average molecular weight is 351 g/mol. The van der Waals surface area contributed by atoms with Crippen LogP contribution in [0.25, 0.3) is 22.3 Å². The number of nitrogens with zero attached hydrogens (tertiary/aromatic N) is 2. The first-order valence-electron chi connectivity index (χ1n) is 9.23. The molecule has 2 heterocycles. The Hall–Kier alpha value is -2.60. The van der Waals surface area contributed by atoms with Crippen LogP contribution in [0.1, 0.15) is 34.3 Å². The number of benzene rings is 1. The molecule has 0 spiro atoms. The van der Waals surface area contributed by atoms with E-state index in [0.29, 0.717) is 6.54 Å². The zero-order valence-electron chi connectivity index (χ0n) is 15.4. The summed E-state index contributed by atoms with van der Waals surface area (Å²) in [6.07, 6.45) is 5.99. The Morgan fingerprint density at radius 3 is 3.00 bits per heavy atom. The van der Waals surface area contributed by atoms with Crippen molar-refractivity contribution in [3.8, 4) is 11.4 Å². The van der Waals surface area contributed by atoms with E-state index in [1.807, 2.05) is 38.5 Å². The minimum atomic E-state index is -0.00328. The Morgan fingerprint density at radius 2 is 2.15 bits per heavy atom. The third-order valence-corrected chi connectivity index (χ3v) is 5.08. The molecule has 0 fully saturated rings. The minimum absolute atomic E-state index is 0.00328. The Balaban J connectivity index is 1.60. The zero-order valence-corrected chi connectivity index (χ0v) is 15.4. The molecule has 1 aliphatic carbocycles. The molecule has 3 aromatic rings. The molecular weight excluding hydrogens is 326 g/mol. The van der Waals surface area contributed by atoms with E-state index in [4.69, 9.17) is 0 Å². The lowest BCUT2D eigenvalue weighted by Gasteiger charge is -2.10. The van der Waals surface area contributed by atoms with Gasteiger partial charge in [0.05, 0.1) is 17.6 Å². The lowest BCUT2D eigenvalue weighted by atomic mass is 10.0. The summed E-state index contributed by atoms with van der Waals surface area (Å²) in [5.74, 6) is -0.00328. The van der Waals surface area contributed by atoms with E-state index in [-0.39, 0.29) is 5.91 Å². The predicted octanol–water partition coefficient (Wildman–Crippen LogP) is 2.73. The first kappa shape index (κ1) is 16.8. The van der Waals surface area contributed by atoms with Gasteiger partial charge in [-0.2, -0.15) is 5.10 Å². The minimum Gasteiger partial charge on any atom is -0.353 e. The molecule has 1 aromatic carbocycles. The second-order valence-electron chi connectivity index (χ2n) is 7.28. The van der Waals surface area contributed by atoms with Crippen LogP contribution in [0.5, 0.6) is 0 Å². The maximum absolute atomic E-state index is 12.5. The molecule has 136 valence electrons. The number of hydrogen-bond donors (Lipinski definition) is 3. The van der Waals surface area contributed by atoms with E-state index >= 15 is 0 Å². The van der Waals surface area contributed by atoms with Gasteiger partial charge in [0.25, 0.3) is 5.91 Å². The van der Waals surface area contributed by atoms with Crippen LogP contribution < -0.4 is 5.32 Å².